The van der Waals surface area contributed by atoms with Crippen molar-refractivity contribution in [3.8, 4) is 0 Å². The topological polar surface area (TPSA) is 32.5 Å². The van der Waals surface area contributed by atoms with Crippen LogP contribution in [0, 0.1) is 6.92 Å². The van der Waals surface area contributed by atoms with Gasteiger partial charge in [0.25, 0.3) is 0 Å². The molecule has 112 valence electrons. The molecule has 0 radical (unpaired) electrons. The van der Waals surface area contributed by atoms with E-state index in [2.05, 4.69) is 55.9 Å². The first-order valence-corrected chi connectivity index (χ1v) is 7.74. The zero-order valence-corrected chi connectivity index (χ0v) is 13.4. The molecule has 0 amide bonds. The molecule has 1 atom stereocenters. The maximum atomic E-state index is 5.91. The molecule has 20 heavy (non-hydrogen) atoms. The molecule has 1 unspecified atom stereocenters. The Bertz CT molecular complexity index is 434. The lowest BCUT2D eigenvalue weighted by Crippen LogP contribution is -2.42. The van der Waals surface area contributed by atoms with Crippen molar-refractivity contribution in [2.24, 2.45) is 5.73 Å². The Hall–Kier alpha value is -1.06. The number of likely N-dealkylation sites (tertiary alicyclic amines) is 1. The number of piperidine rings is 1. The molecule has 0 aliphatic carbocycles. The van der Waals surface area contributed by atoms with E-state index in [0.29, 0.717) is 6.04 Å². The summed E-state index contributed by atoms with van der Waals surface area (Å²) in [5, 5.41) is 0. The number of anilines is 1. The Morgan fingerprint density at radius 1 is 1.35 bits per heavy atom. The monoisotopic (exact) mass is 275 g/mol. The van der Waals surface area contributed by atoms with Crippen LogP contribution in [0.1, 0.15) is 30.9 Å². The summed E-state index contributed by atoms with van der Waals surface area (Å²) < 4.78 is 0. The molecule has 1 aromatic rings. The molecule has 2 N–H and O–H groups in total. The lowest BCUT2D eigenvalue weighted by Gasteiger charge is -2.36. The van der Waals surface area contributed by atoms with Crippen molar-refractivity contribution in [1.82, 2.24) is 4.90 Å². The predicted octanol–water partition coefficient (Wildman–Crippen LogP) is 2.42. The van der Waals surface area contributed by atoms with E-state index in [1.54, 1.807) is 0 Å². The zero-order chi connectivity index (χ0) is 14.7. The zero-order valence-electron chi connectivity index (χ0n) is 13.4. The fourth-order valence-electron chi connectivity index (χ4n) is 3.07. The molecule has 3 heteroatoms. The minimum atomic E-state index is 0.228. The Labute approximate surface area is 123 Å². The quantitative estimate of drug-likeness (QED) is 0.916. The number of benzene rings is 1. The van der Waals surface area contributed by atoms with Crippen LogP contribution in [0.4, 0.5) is 5.69 Å². The van der Waals surface area contributed by atoms with E-state index in [-0.39, 0.29) is 6.04 Å². The third kappa shape index (κ3) is 3.74. The maximum absolute atomic E-state index is 5.91. The van der Waals surface area contributed by atoms with Crippen LogP contribution in [0.5, 0.6) is 0 Å². The highest BCUT2D eigenvalue weighted by atomic mass is 15.2. The van der Waals surface area contributed by atoms with Gasteiger partial charge in [0.05, 0.1) is 0 Å². The Balaban J connectivity index is 2.06. The fraction of sp³-hybridized carbons (Fsp3) is 0.647. The first-order valence-electron chi connectivity index (χ1n) is 7.74. The third-order valence-corrected chi connectivity index (χ3v) is 4.51. The van der Waals surface area contributed by atoms with Crippen LogP contribution in [0.25, 0.3) is 0 Å². The minimum absolute atomic E-state index is 0.228. The summed E-state index contributed by atoms with van der Waals surface area (Å²) in [6.45, 7) is 6.68. The lowest BCUT2D eigenvalue weighted by molar-refractivity contribution is 0.253. The molecule has 1 aliphatic heterocycles. The van der Waals surface area contributed by atoms with E-state index in [1.807, 2.05) is 0 Å². The van der Waals surface area contributed by atoms with Gasteiger partial charge in [-0.2, -0.15) is 0 Å². The molecule has 1 fully saturated rings. The van der Waals surface area contributed by atoms with E-state index in [0.717, 1.165) is 6.42 Å². The summed E-state index contributed by atoms with van der Waals surface area (Å²) in [5.74, 6) is 0. The van der Waals surface area contributed by atoms with E-state index < -0.39 is 0 Å². The number of hydrogen-bond acceptors (Lipinski definition) is 3. The van der Waals surface area contributed by atoms with E-state index >= 15 is 0 Å². The second kappa shape index (κ2) is 6.59. The molecule has 0 aromatic heterocycles. The van der Waals surface area contributed by atoms with Crippen LogP contribution >= 0.6 is 0 Å². The molecule has 1 heterocycles. The van der Waals surface area contributed by atoms with Crippen LogP contribution in [0.2, 0.25) is 0 Å². The first-order chi connectivity index (χ1) is 9.47. The van der Waals surface area contributed by atoms with Crippen molar-refractivity contribution in [2.45, 2.75) is 45.2 Å². The summed E-state index contributed by atoms with van der Waals surface area (Å²) >= 11 is 0. The number of rotatable bonds is 4. The van der Waals surface area contributed by atoms with Crippen molar-refractivity contribution in [2.75, 3.05) is 32.1 Å². The number of nitrogens with zero attached hydrogens (tertiary/aromatic N) is 2. The van der Waals surface area contributed by atoms with Gasteiger partial charge in [-0.3, -0.25) is 0 Å². The highest BCUT2D eigenvalue weighted by molar-refractivity contribution is 5.51. The van der Waals surface area contributed by atoms with Crippen molar-refractivity contribution >= 4 is 5.69 Å². The SMILES string of the molecule is Cc1cc(N(C)C2CCN(C)CC2)ccc1CC(C)N. The predicted molar refractivity (Wildman–Crippen MR) is 87.5 cm³/mol. The van der Waals surface area contributed by atoms with Gasteiger partial charge in [0, 0.05) is 24.8 Å². The van der Waals surface area contributed by atoms with Crippen LogP contribution in [-0.2, 0) is 6.42 Å². The van der Waals surface area contributed by atoms with Gasteiger partial charge in [-0.25, -0.2) is 0 Å². The minimum Gasteiger partial charge on any atom is -0.372 e. The molecule has 3 nitrogen and oxygen atoms in total. The van der Waals surface area contributed by atoms with Gasteiger partial charge in [-0.15, -0.1) is 0 Å². The van der Waals surface area contributed by atoms with Gasteiger partial charge in [-0.1, -0.05) is 6.07 Å². The van der Waals surface area contributed by atoms with Crippen molar-refractivity contribution in [1.29, 1.82) is 0 Å². The van der Waals surface area contributed by atoms with Gasteiger partial charge >= 0.3 is 0 Å². The Kier molecular flexibility index (Phi) is 5.06. The lowest BCUT2D eigenvalue weighted by atomic mass is 9.99. The number of hydrogen-bond donors (Lipinski definition) is 1. The molecule has 2 rings (SSSR count). The van der Waals surface area contributed by atoms with Gasteiger partial charge < -0.3 is 15.5 Å². The van der Waals surface area contributed by atoms with Crippen molar-refractivity contribution in [3.63, 3.8) is 0 Å². The molecule has 1 aliphatic rings. The van der Waals surface area contributed by atoms with Crippen LogP contribution in [0.3, 0.4) is 0 Å². The average Bonchev–Trinajstić information content (AvgIpc) is 2.41. The van der Waals surface area contributed by atoms with Gasteiger partial charge in [-0.05, 0) is 76.5 Å². The summed E-state index contributed by atoms with van der Waals surface area (Å²) in [6, 6.07) is 7.72. The molecule has 0 bridgehead atoms. The standard InChI is InChI=1S/C17H29N3/c1-13-11-17(6-5-15(13)12-14(2)18)20(4)16-7-9-19(3)10-8-16/h5-6,11,14,16H,7-10,12,18H2,1-4H3. The summed E-state index contributed by atoms with van der Waals surface area (Å²) in [5.41, 5.74) is 9.98. The molecular formula is C17H29N3. The summed E-state index contributed by atoms with van der Waals surface area (Å²) in [6.07, 6.45) is 3.48. The fourth-order valence-corrected chi connectivity index (χ4v) is 3.07. The van der Waals surface area contributed by atoms with E-state index in [9.17, 15) is 0 Å². The van der Waals surface area contributed by atoms with E-state index in [4.69, 9.17) is 5.73 Å². The summed E-state index contributed by atoms with van der Waals surface area (Å²) in [4.78, 5) is 4.87. The normalized spacial score (nSPS) is 19.1. The Morgan fingerprint density at radius 3 is 2.55 bits per heavy atom. The van der Waals surface area contributed by atoms with Crippen molar-refractivity contribution < 1.29 is 0 Å². The second-order valence-electron chi connectivity index (χ2n) is 6.44. The molecular weight excluding hydrogens is 246 g/mol. The van der Waals surface area contributed by atoms with Gasteiger partial charge in [0.15, 0.2) is 0 Å². The van der Waals surface area contributed by atoms with E-state index in [1.165, 1.54) is 42.7 Å². The first kappa shape index (κ1) is 15.3. The third-order valence-electron chi connectivity index (χ3n) is 4.51. The highest BCUT2D eigenvalue weighted by Gasteiger charge is 2.21. The maximum Gasteiger partial charge on any atom is 0.0368 e. The molecule has 0 spiro atoms. The van der Waals surface area contributed by atoms with Crippen LogP contribution < -0.4 is 10.6 Å². The largest absolute Gasteiger partial charge is 0.372 e. The molecule has 0 saturated carbocycles. The highest BCUT2D eigenvalue weighted by Crippen LogP contribution is 2.24. The van der Waals surface area contributed by atoms with Gasteiger partial charge in [0.1, 0.15) is 0 Å². The van der Waals surface area contributed by atoms with Crippen LogP contribution in [0.15, 0.2) is 18.2 Å². The van der Waals surface area contributed by atoms with Gasteiger partial charge in [0.2, 0.25) is 0 Å². The second-order valence-corrected chi connectivity index (χ2v) is 6.44. The Morgan fingerprint density at radius 2 is 2.00 bits per heavy atom. The van der Waals surface area contributed by atoms with Crippen LogP contribution in [-0.4, -0.2) is 44.2 Å². The average molecular weight is 275 g/mol. The molecule has 1 aromatic carbocycles. The smallest absolute Gasteiger partial charge is 0.0368 e. The number of nitrogens with two attached hydrogens (primary N) is 1. The number of aryl methyl sites for hydroxylation is 1. The summed E-state index contributed by atoms with van der Waals surface area (Å²) in [7, 11) is 4.44. The molecule has 1 saturated heterocycles. The van der Waals surface area contributed by atoms with Crippen molar-refractivity contribution in [3.05, 3.63) is 29.3 Å².